The first-order valence-electron chi connectivity index (χ1n) is 10.1. The van der Waals surface area contributed by atoms with E-state index in [9.17, 15) is 4.79 Å². The Morgan fingerprint density at radius 1 is 1.00 bits per heavy atom. The molecule has 2 aromatic carbocycles. The van der Waals surface area contributed by atoms with Gasteiger partial charge in [0.1, 0.15) is 11.5 Å². The van der Waals surface area contributed by atoms with E-state index in [1.807, 2.05) is 18.2 Å². The lowest BCUT2D eigenvalue weighted by molar-refractivity contribution is 0.0697. The molecular weight excluding hydrogens is 435 g/mol. The Hall–Kier alpha value is -2.31. The molecule has 4 rings (SSSR count). The molecule has 3 aromatic rings. The number of carbonyl (C=O) groups is 1. The van der Waals surface area contributed by atoms with Crippen LogP contribution in [0.15, 0.2) is 71.1 Å². The number of halogens is 2. The van der Waals surface area contributed by atoms with Crippen LogP contribution in [0, 0.1) is 0 Å². The average Bonchev–Trinajstić information content (AvgIpc) is 3.23. The van der Waals surface area contributed by atoms with Gasteiger partial charge in [-0.3, -0.25) is 4.90 Å². The molecule has 1 saturated heterocycles. The van der Waals surface area contributed by atoms with Crippen molar-refractivity contribution in [3.8, 4) is 11.3 Å². The summed E-state index contributed by atoms with van der Waals surface area (Å²) in [5, 5.41) is 12.7. The lowest BCUT2D eigenvalue weighted by atomic mass is 10.0. The van der Waals surface area contributed by atoms with Crippen molar-refractivity contribution in [2.45, 2.75) is 32.0 Å². The summed E-state index contributed by atoms with van der Waals surface area (Å²) in [6, 6.07) is 21.8. The van der Waals surface area contributed by atoms with Crippen molar-refractivity contribution in [3.05, 3.63) is 83.6 Å². The number of rotatable bonds is 7. The number of aromatic carboxylic acids is 1. The van der Waals surface area contributed by atoms with Crippen LogP contribution in [0.1, 0.15) is 34.5 Å². The van der Waals surface area contributed by atoms with Crippen molar-refractivity contribution in [2.75, 3.05) is 13.1 Å². The minimum Gasteiger partial charge on any atom is -0.478 e. The van der Waals surface area contributed by atoms with Crippen LogP contribution < -0.4 is 5.32 Å². The lowest BCUT2D eigenvalue weighted by Crippen LogP contribution is -2.41. The summed E-state index contributed by atoms with van der Waals surface area (Å²) in [6.45, 7) is 3.89. The molecule has 0 saturated carbocycles. The minimum absolute atomic E-state index is 0. The zero-order valence-corrected chi connectivity index (χ0v) is 18.8. The van der Waals surface area contributed by atoms with Crippen LogP contribution in [0.4, 0.5) is 0 Å². The SMILES string of the molecule is Cl.Cl.O=C(O)c1cccc(-c2ccc(CNC3CCN(Cc4ccccc4)CC3)o2)c1. The number of likely N-dealkylation sites (tertiary alicyclic amines) is 1. The third-order valence-electron chi connectivity index (χ3n) is 5.46. The molecule has 0 aliphatic carbocycles. The van der Waals surface area contributed by atoms with Gasteiger partial charge in [0.15, 0.2) is 0 Å². The number of carboxylic acid groups (broad SMARTS) is 1. The zero-order valence-electron chi connectivity index (χ0n) is 17.2. The van der Waals surface area contributed by atoms with E-state index in [0.29, 0.717) is 18.3 Å². The van der Waals surface area contributed by atoms with Gasteiger partial charge in [0.2, 0.25) is 0 Å². The second-order valence-electron chi connectivity index (χ2n) is 7.57. The fraction of sp³-hybridized carbons (Fsp3) is 0.292. The maximum absolute atomic E-state index is 11.1. The van der Waals surface area contributed by atoms with Crippen LogP contribution in [0.5, 0.6) is 0 Å². The molecule has 0 amide bonds. The standard InChI is InChI=1S/C24H26N2O3.2ClH/c27-24(28)20-8-4-7-19(15-20)23-10-9-22(29-23)16-25-21-11-13-26(14-12-21)17-18-5-2-1-3-6-18;;/h1-10,15,21,25H,11-14,16-17H2,(H,27,28);2*1H. The van der Waals surface area contributed by atoms with Crippen LogP contribution in [-0.2, 0) is 13.1 Å². The van der Waals surface area contributed by atoms with E-state index in [4.69, 9.17) is 9.52 Å². The van der Waals surface area contributed by atoms with Gasteiger partial charge < -0.3 is 14.8 Å². The molecule has 1 aliphatic rings. The van der Waals surface area contributed by atoms with E-state index in [1.54, 1.807) is 18.2 Å². The number of piperidine rings is 1. The van der Waals surface area contributed by atoms with Gasteiger partial charge in [0, 0.05) is 18.2 Å². The molecule has 0 spiro atoms. The Labute approximate surface area is 195 Å². The number of furan rings is 1. The van der Waals surface area contributed by atoms with Gasteiger partial charge in [-0.05, 0) is 55.8 Å². The number of nitrogens with zero attached hydrogens (tertiary/aromatic N) is 1. The molecule has 1 fully saturated rings. The summed E-state index contributed by atoms with van der Waals surface area (Å²) in [6.07, 6.45) is 2.25. The lowest BCUT2D eigenvalue weighted by Gasteiger charge is -2.32. The molecule has 1 aliphatic heterocycles. The second kappa shape index (κ2) is 11.9. The molecule has 166 valence electrons. The average molecular weight is 463 g/mol. The monoisotopic (exact) mass is 462 g/mol. The van der Waals surface area contributed by atoms with E-state index >= 15 is 0 Å². The topological polar surface area (TPSA) is 65.7 Å². The fourth-order valence-electron chi connectivity index (χ4n) is 3.82. The fourth-order valence-corrected chi connectivity index (χ4v) is 3.82. The number of hydrogen-bond donors (Lipinski definition) is 2. The number of hydrogen-bond acceptors (Lipinski definition) is 4. The van der Waals surface area contributed by atoms with Crippen molar-refractivity contribution in [1.82, 2.24) is 10.2 Å². The van der Waals surface area contributed by atoms with Crippen molar-refractivity contribution < 1.29 is 14.3 Å². The largest absolute Gasteiger partial charge is 0.478 e. The first kappa shape index (κ1) is 25.0. The number of nitrogens with one attached hydrogen (secondary N) is 1. The summed E-state index contributed by atoms with van der Waals surface area (Å²) in [7, 11) is 0. The molecule has 2 heterocycles. The third kappa shape index (κ3) is 6.84. The second-order valence-corrected chi connectivity index (χ2v) is 7.57. The Kier molecular flexibility index (Phi) is 9.59. The molecule has 0 atom stereocenters. The van der Waals surface area contributed by atoms with Gasteiger partial charge in [-0.1, -0.05) is 42.5 Å². The Morgan fingerprint density at radius 3 is 2.45 bits per heavy atom. The summed E-state index contributed by atoms with van der Waals surface area (Å²) >= 11 is 0. The first-order chi connectivity index (χ1) is 14.2. The van der Waals surface area contributed by atoms with Crippen LogP contribution in [0.2, 0.25) is 0 Å². The third-order valence-corrected chi connectivity index (χ3v) is 5.46. The highest BCUT2D eigenvalue weighted by Crippen LogP contribution is 2.23. The van der Waals surface area contributed by atoms with E-state index < -0.39 is 5.97 Å². The van der Waals surface area contributed by atoms with Crippen molar-refractivity contribution >= 4 is 30.8 Å². The van der Waals surface area contributed by atoms with Crippen LogP contribution in [0.25, 0.3) is 11.3 Å². The molecule has 7 heteroatoms. The zero-order chi connectivity index (χ0) is 20.1. The molecular formula is C24H28Cl2N2O3. The summed E-state index contributed by atoms with van der Waals surface area (Å²) in [4.78, 5) is 13.7. The summed E-state index contributed by atoms with van der Waals surface area (Å²) in [5.41, 5.74) is 2.42. The molecule has 5 nitrogen and oxygen atoms in total. The van der Waals surface area contributed by atoms with Crippen molar-refractivity contribution in [3.63, 3.8) is 0 Å². The number of benzene rings is 2. The quantitative estimate of drug-likeness (QED) is 0.502. The van der Waals surface area contributed by atoms with E-state index in [0.717, 1.165) is 43.8 Å². The van der Waals surface area contributed by atoms with Gasteiger partial charge in [-0.15, -0.1) is 24.8 Å². The molecule has 0 radical (unpaired) electrons. The van der Waals surface area contributed by atoms with E-state index in [1.165, 1.54) is 5.56 Å². The predicted octanol–water partition coefficient (Wildman–Crippen LogP) is 5.24. The number of carboxylic acids is 1. The van der Waals surface area contributed by atoms with Crippen LogP contribution in [0.3, 0.4) is 0 Å². The maximum Gasteiger partial charge on any atom is 0.335 e. The highest BCUT2D eigenvalue weighted by atomic mass is 35.5. The molecule has 0 unspecified atom stereocenters. The summed E-state index contributed by atoms with van der Waals surface area (Å²) in [5.74, 6) is 0.633. The molecule has 2 N–H and O–H groups in total. The highest BCUT2D eigenvalue weighted by molar-refractivity contribution is 5.89. The predicted molar refractivity (Wildman–Crippen MR) is 127 cm³/mol. The van der Waals surface area contributed by atoms with Crippen LogP contribution >= 0.6 is 24.8 Å². The van der Waals surface area contributed by atoms with Gasteiger partial charge in [0.05, 0.1) is 12.1 Å². The minimum atomic E-state index is -0.932. The highest BCUT2D eigenvalue weighted by Gasteiger charge is 2.19. The van der Waals surface area contributed by atoms with Crippen molar-refractivity contribution in [2.24, 2.45) is 0 Å². The Balaban J connectivity index is 0.00000171. The smallest absolute Gasteiger partial charge is 0.335 e. The summed E-state index contributed by atoms with van der Waals surface area (Å²) < 4.78 is 5.93. The van der Waals surface area contributed by atoms with Crippen molar-refractivity contribution in [1.29, 1.82) is 0 Å². The van der Waals surface area contributed by atoms with Gasteiger partial charge in [0.25, 0.3) is 0 Å². The normalized spacial score (nSPS) is 14.5. The maximum atomic E-state index is 11.1. The Morgan fingerprint density at radius 2 is 1.74 bits per heavy atom. The van der Waals surface area contributed by atoms with Gasteiger partial charge in [-0.25, -0.2) is 4.79 Å². The van der Waals surface area contributed by atoms with E-state index in [-0.39, 0.29) is 30.4 Å². The first-order valence-corrected chi connectivity index (χ1v) is 10.1. The molecule has 0 bridgehead atoms. The van der Waals surface area contributed by atoms with Gasteiger partial charge >= 0.3 is 5.97 Å². The van der Waals surface area contributed by atoms with Crippen LogP contribution in [-0.4, -0.2) is 35.1 Å². The van der Waals surface area contributed by atoms with E-state index in [2.05, 4.69) is 40.5 Å². The molecule has 1 aromatic heterocycles. The molecule has 31 heavy (non-hydrogen) atoms. The van der Waals surface area contributed by atoms with Gasteiger partial charge in [-0.2, -0.15) is 0 Å². The Bertz CT molecular complexity index is 954.